The first-order chi connectivity index (χ1) is 9.56. The first-order valence-electron chi connectivity index (χ1n) is 7.39. The number of aliphatic hydroxyl groups is 1. The molecule has 1 aliphatic heterocycles. The van der Waals surface area contributed by atoms with Gasteiger partial charge in [-0.1, -0.05) is 24.8 Å². The molecule has 1 amide bonds. The third kappa shape index (κ3) is 2.24. The van der Waals surface area contributed by atoms with E-state index in [-0.39, 0.29) is 11.8 Å². The minimum Gasteiger partial charge on any atom is -0.387 e. The predicted octanol–water partition coefficient (Wildman–Crippen LogP) is 1.72. The summed E-state index contributed by atoms with van der Waals surface area (Å²) in [4.78, 5) is 15.1. The molecule has 0 bridgehead atoms. The van der Waals surface area contributed by atoms with Gasteiger partial charge in [-0.05, 0) is 36.7 Å². The van der Waals surface area contributed by atoms with E-state index >= 15 is 0 Å². The molecular formula is C14H21N3O2S. The number of β-amino-alcohol motifs (C(OH)–C–C–N with tert-alkyl or cyclic N) is 1. The fraction of sp³-hybridized carbons (Fsp3) is 0.786. The van der Waals surface area contributed by atoms with Crippen molar-refractivity contribution in [2.75, 3.05) is 13.1 Å². The highest BCUT2D eigenvalue weighted by atomic mass is 32.1. The molecule has 2 aliphatic rings. The maximum atomic E-state index is 12.6. The van der Waals surface area contributed by atoms with Crippen LogP contribution in [0.1, 0.15) is 48.5 Å². The van der Waals surface area contributed by atoms with E-state index in [1.165, 1.54) is 11.5 Å². The summed E-state index contributed by atoms with van der Waals surface area (Å²) in [5.41, 5.74) is 0.121. The Hall–Kier alpha value is -1.01. The second-order valence-electron chi connectivity index (χ2n) is 6.15. The Morgan fingerprint density at radius 2 is 2.30 bits per heavy atom. The average Bonchev–Trinajstić information content (AvgIpc) is 3.11. The molecule has 1 aromatic heterocycles. The summed E-state index contributed by atoms with van der Waals surface area (Å²) in [7, 11) is 0. The molecule has 1 N–H and O–H groups in total. The maximum Gasteiger partial charge on any atom is 0.267 e. The highest BCUT2D eigenvalue weighted by molar-refractivity contribution is 7.08. The van der Waals surface area contributed by atoms with Gasteiger partial charge in [0.2, 0.25) is 0 Å². The molecule has 2 heterocycles. The van der Waals surface area contributed by atoms with E-state index in [0.717, 1.165) is 31.4 Å². The first-order valence-corrected chi connectivity index (χ1v) is 8.16. The Morgan fingerprint density at radius 3 is 2.95 bits per heavy atom. The smallest absolute Gasteiger partial charge is 0.267 e. The molecule has 20 heavy (non-hydrogen) atoms. The van der Waals surface area contributed by atoms with Gasteiger partial charge in [-0.25, -0.2) is 0 Å². The monoisotopic (exact) mass is 295 g/mol. The Bertz CT molecular complexity index is 514. The number of amides is 1. The van der Waals surface area contributed by atoms with Crippen molar-refractivity contribution in [2.45, 2.75) is 45.1 Å². The van der Waals surface area contributed by atoms with Gasteiger partial charge >= 0.3 is 0 Å². The zero-order valence-electron chi connectivity index (χ0n) is 12.0. The molecule has 1 aromatic rings. The van der Waals surface area contributed by atoms with Crippen LogP contribution >= 0.6 is 11.5 Å². The van der Waals surface area contributed by atoms with Gasteiger partial charge in [0.1, 0.15) is 4.88 Å². The van der Waals surface area contributed by atoms with Crippen LogP contribution in [0.2, 0.25) is 0 Å². The molecule has 1 aliphatic carbocycles. The van der Waals surface area contributed by atoms with Crippen molar-refractivity contribution in [3.8, 4) is 0 Å². The molecule has 3 rings (SSSR count). The molecule has 5 nitrogen and oxygen atoms in total. The van der Waals surface area contributed by atoms with Crippen LogP contribution in [0, 0.1) is 11.8 Å². The highest BCUT2D eigenvalue weighted by Gasteiger charge is 2.53. The van der Waals surface area contributed by atoms with E-state index in [1.54, 1.807) is 4.90 Å². The summed E-state index contributed by atoms with van der Waals surface area (Å²) in [5, 5.41) is 14.8. The number of aryl methyl sites for hydroxylation is 1. The number of aromatic nitrogens is 2. The van der Waals surface area contributed by atoms with Crippen LogP contribution in [0.25, 0.3) is 0 Å². The Kier molecular flexibility index (Phi) is 3.54. The number of carbonyl (C=O) groups is 1. The maximum absolute atomic E-state index is 12.6. The lowest BCUT2D eigenvalue weighted by Crippen LogP contribution is -2.40. The standard InChI is InChI=1S/C14H21N3O2S/c1-3-4-11-12(20-16-15-11)13(18)17-7-9(2)14(19,8-17)10-5-6-10/h9-10,19H,3-8H2,1-2H3/t9-,14+/m1/s1. The topological polar surface area (TPSA) is 66.3 Å². The predicted molar refractivity (Wildman–Crippen MR) is 76.6 cm³/mol. The molecular weight excluding hydrogens is 274 g/mol. The summed E-state index contributed by atoms with van der Waals surface area (Å²) < 4.78 is 3.92. The van der Waals surface area contributed by atoms with Crippen LogP contribution in [0.3, 0.4) is 0 Å². The summed E-state index contributed by atoms with van der Waals surface area (Å²) >= 11 is 1.18. The zero-order valence-corrected chi connectivity index (χ0v) is 12.8. The van der Waals surface area contributed by atoms with Crippen LogP contribution in [-0.2, 0) is 6.42 Å². The molecule has 0 aromatic carbocycles. The average molecular weight is 295 g/mol. The van der Waals surface area contributed by atoms with Crippen molar-refractivity contribution in [1.82, 2.24) is 14.5 Å². The number of rotatable bonds is 4. The number of carbonyl (C=O) groups excluding carboxylic acids is 1. The van der Waals surface area contributed by atoms with Crippen LogP contribution < -0.4 is 0 Å². The Labute approximate surface area is 123 Å². The number of hydrogen-bond donors (Lipinski definition) is 1. The lowest BCUT2D eigenvalue weighted by atomic mass is 9.88. The van der Waals surface area contributed by atoms with E-state index in [1.807, 2.05) is 6.92 Å². The summed E-state index contributed by atoms with van der Waals surface area (Å²) in [5.74, 6) is 0.520. The van der Waals surface area contributed by atoms with E-state index in [4.69, 9.17) is 0 Å². The fourth-order valence-corrected chi connectivity index (χ4v) is 3.88. The van der Waals surface area contributed by atoms with E-state index in [0.29, 0.717) is 23.9 Å². The van der Waals surface area contributed by atoms with Crippen LogP contribution in [0.5, 0.6) is 0 Å². The lowest BCUT2D eigenvalue weighted by Gasteiger charge is -2.26. The van der Waals surface area contributed by atoms with Crippen molar-refractivity contribution in [2.24, 2.45) is 11.8 Å². The largest absolute Gasteiger partial charge is 0.387 e. The van der Waals surface area contributed by atoms with Crippen molar-refractivity contribution in [1.29, 1.82) is 0 Å². The van der Waals surface area contributed by atoms with E-state index < -0.39 is 5.60 Å². The minimum absolute atomic E-state index is 0.00752. The molecule has 2 fully saturated rings. The van der Waals surface area contributed by atoms with E-state index in [9.17, 15) is 9.90 Å². The molecule has 0 unspecified atom stereocenters. The quantitative estimate of drug-likeness (QED) is 0.918. The van der Waals surface area contributed by atoms with Gasteiger partial charge in [0.15, 0.2) is 0 Å². The van der Waals surface area contributed by atoms with Gasteiger partial charge < -0.3 is 10.0 Å². The zero-order chi connectivity index (χ0) is 14.3. The summed E-state index contributed by atoms with van der Waals surface area (Å²) in [6.07, 6.45) is 3.92. The van der Waals surface area contributed by atoms with Gasteiger partial charge in [-0.2, -0.15) is 0 Å². The van der Waals surface area contributed by atoms with Gasteiger partial charge in [0.05, 0.1) is 17.8 Å². The summed E-state index contributed by atoms with van der Waals surface area (Å²) in [6, 6.07) is 0. The van der Waals surface area contributed by atoms with Gasteiger partial charge in [-0.15, -0.1) is 5.10 Å². The first kappa shape index (κ1) is 13.9. The second-order valence-corrected chi connectivity index (χ2v) is 6.91. The van der Waals surface area contributed by atoms with Crippen LogP contribution in [0.4, 0.5) is 0 Å². The normalized spacial score (nSPS) is 29.9. The molecule has 0 spiro atoms. The Morgan fingerprint density at radius 1 is 1.55 bits per heavy atom. The number of hydrogen-bond acceptors (Lipinski definition) is 5. The second kappa shape index (κ2) is 5.07. The van der Waals surface area contributed by atoms with E-state index in [2.05, 4.69) is 16.5 Å². The fourth-order valence-electron chi connectivity index (χ4n) is 3.20. The molecule has 6 heteroatoms. The Balaban J connectivity index is 1.76. The van der Waals surface area contributed by atoms with Gasteiger partial charge in [0.25, 0.3) is 5.91 Å². The van der Waals surface area contributed by atoms with Crippen molar-refractivity contribution in [3.05, 3.63) is 10.6 Å². The van der Waals surface area contributed by atoms with Crippen molar-refractivity contribution < 1.29 is 9.90 Å². The van der Waals surface area contributed by atoms with Crippen LogP contribution in [0.15, 0.2) is 0 Å². The number of nitrogens with zero attached hydrogens (tertiary/aromatic N) is 3. The summed E-state index contributed by atoms with van der Waals surface area (Å²) in [6.45, 7) is 5.21. The third-order valence-corrected chi connectivity index (χ3v) is 5.36. The molecule has 110 valence electrons. The number of likely N-dealkylation sites (tertiary alicyclic amines) is 1. The molecule has 0 radical (unpaired) electrons. The van der Waals surface area contributed by atoms with Crippen molar-refractivity contribution >= 4 is 17.4 Å². The van der Waals surface area contributed by atoms with Gasteiger partial charge in [0, 0.05) is 12.5 Å². The highest BCUT2D eigenvalue weighted by Crippen LogP contribution is 2.47. The minimum atomic E-state index is -0.682. The lowest BCUT2D eigenvalue weighted by molar-refractivity contribution is -0.00362. The van der Waals surface area contributed by atoms with Crippen molar-refractivity contribution in [3.63, 3.8) is 0 Å². The molecule has 1 saturated carbocycles. The SMILES string of the molecule is CCCc1nnsc1C(=O)N1C[C@@H](C)[C@](O)(C2CC2)C1. The molecule has 1 saturated heterocycles. The van der Waals surface area contributed by atoms with Gasteiger partial charge in [-0.3, -0.25) is 4.79 Å². The third-order valence-electron chi connectivity index (χ3n) is 4.60. The van der Waals surface area contributed by atoms with Crippen LogP contribution in [-0.4, -0.2) is 44.2 Å². The molecule has 2 atom stereocenters.